The highest BCUT2D eigenvalue weighted by atomic mass is 31.1. The van der Waals surface area contributed by atoms with Gasteiger partial charge in [-0.15, -0.1) is 0 Å². The first-order valence-corrected chi connectivity index (χ1v) is 10.4. The fourth-order valence-corrected chi connectivity index (χ4v) is 8.11. The van der Waals surface area contributed by atoms with E-state index in [0.717, 1.165) is 17.8 Å². The van der Waals surface area contributed by atoms with E-state index in [1.54, 1.807) is 0 Å². The van der Waals surface area contributed by atoms with E-state index in [0.29, 0.717) is 0 Å². The molecule has 0 amide bonds. The second-order valence-electron chi connectivity index (χ2n) is 8.28. The molecule has 0 bridgehead atoms. The van der Waals surface area contributed by atoms with E-state index in [1.807, 2.05) is 24.5 Å². The van der Waals surface area contributed by atoms with Gasteiger partial charge in [0.15, 0.2) is 0 Å². The maximum Gasteiger partial charge on any atom is 0.0726 e. The minimum atomic E-state index is -0.393. The molecule has 0 saturated carbocycles. The van der Waals surface area contributed by atoms with Gasteiger partial charge in [-0.05, 0) is 46.3 Å². The Hall–Kier alpha value is -1.53. The monoisotopic (exact) mass is 354 g/mol. The Bertz CT molecular complexity index is 652. The van der Waals surface area contributed by atoms with Gasteiger partial charge in [-0.3, -0.25) is 9.97 Å². The smallest absolute Gasteiger partial charge is 0.0726 e. The summed E-state index contributed by atoms with van der Waals surface area (Å²) in [6.45, 7) is 16.5. The second-order valence-corrected chi connectivity index (χ2v) is 12.2. The van der Waals surface area contributed by atoms with Crippen LogP contribution in [0.3, 0.4) is 0 Å². The van der Waals surface area contributed by atoms with Crippen molar-refractivity contribution in [2.24, 2.45) is 0 Å². The molecular formula is C22H31N2P. The lowest BCUT2D eigenvalue weighted by Gasteiger charge is -2.44. The first kappa shape index (κ1) is 19.8. The van der Waals surface area contributed by atoms with E-state index in [9.17, 15) is 0 Å². The number of allylic oxidation sites excluding steroid dienone is 1. The van der Waals surface area contributed by atoms with Crippen molar-refractivity contribution in [3.05, 3.63) is 65.5 Å². The Morgan fingerprint density at radius 3 is 1.52 bits per heavy atom. The van der Waals surface area contributed by atoms with Crippen molar-refractivity contribution >= 4 is 13.5 Å². The topological polar surface area (TPSA) is 25.8 Å². The molecule has 0 N–H and O–H groups in total. The van der Waals surface area contributed by atoms with Crippen LogP contribution in [0.15, 0.2) is 54.1 Å². The minimum absolute atomic E-state index is 0.216. The van der Waals surface area contributed by atoms with Crippen molar-refractivity contribution in [2.45, 2.75) is 65.2 Å². The molecule has 0 aliphatic rings. The Morgan fingerprint density at radius 1 is 0.800 bits per heavy atom. The molecule has 0 saturated heterocycles. The van der Waals surface area contributed by atoms with Gasteiger partial charge in [0.25, 0.3) is 0 Å². The molecule has 2 aromatic rings. The van der Waals surface area contributed by atoms with Gasteiger partial charge < -0.3 is 0 Å². The number of hydrogen-bond donors (Lipinski definition) is 0. The second kappa shape index (κ2) is 7.79. The highest BCUT2D eigenvalue weighted by Crippen LogP contribution is 2.67. The first-order chi connectivity index (χ1) is 11.7. The average molecular weight is 354 g/mol. The molecule has 25 heavy (non-hydrogen) atoms. The van der Waals surface area contributed by atoms with Gasteiger partial charge in [0, 0.05) is 18.0 Å². The Morgan fingerprint density at radius 2 is 1.24 bits per heavy atom. The summed E-state index contributed by atoms with van der Waals surface area (Å²) in [6, 6.07) is 12.3. The van der Waals surface area contributed by atoms with Gasteiger partial charge in [-0.25, -0.2) is 0 Å². The molecule has 2 rings (SSSR count). The van der Waals surface area contributed by atoms with Crippen LogP contribution in [0.4, 0.5) is 0 Å². The summed E-state index contributed by atoms with van der Waals surface area (Å²) in [5.74, 6) is 0. The van der Waals surface area contributed by atoms with Gasteiger partial charge in [0.2, 0.25) is 0 Å². The van der Waals surface area contributed by atoms with Crippen LogP contribution < -0.4 is 0 Å². The number of hydrogen-bond acceptors (Lipinski definition) is 2. The van der Waals surface area contributed by atoms with Crippen LogP contribution in [0.25, 0.3) is 5.57 Å². The summed E-state index contributed by atoms with van der Waals surface area (Å²) in [4.78, 5) is 9.37. The highest BCUT2D eigenvalue weighted by Gasteiger charge is 2.38. The minimum Gasteiger partial charge on any atom is -0.256 e. The summed E-state index contributed by atoms with van der Waals surface area (Å²) in [5, 5.41) is 1.94. The van der Waals surface area contributed by atoms with E-state index < -0.39 is 7.92 Å². The molecule has 2 nitrogen and oxygen atoms in total. The molecule has 2 aromatic heterocycles. The summed E-state index contributed by atoms with van der Waals surface area (Å²) in [6.07, 6.45) is 4.77. The first-order valence-electron chi connectivity index (χ1n) is 9.02. The lowest BCUT2D eigenvalue weighted by atomic mass is 10.1. The third-order valence-corrected chi connectivity index (χ3v) is 7.84. The van der Waals surface area contributed by atoms with Crippen molar-refractivity contribution in [1.82, 2.24) is 9.97 Å². The third-order valence-electron chi connectivity index (χ3n) is 4.08. The molecular weight excluding hydrogens is 323 g/mol. The SMILES string of the molecule is CCC(=C(c1ccccn1)c1ccccn1)P(C(C)(C)C)C(C)(C)C. The summed E-state index contributed by atoms with van der Waals surface area (Å²) in [7, 11) is -0.393. The average Bonchev–Trinajstić information content (AvgIpc) is 2.53. The van der Waals surface area contributed by atoms with E-state index in [-0.39, 0.29) is 10.3 Å². The molecule has 134 valence electrons. The predicted octanol–water partition coefficient (Wildman–Crippen LogP) is 6.72. The molecule has 0 fully saturated rings. The fraction of sp³-hybridized carbons (Fsp3) is 0.455. The van der Waals surface area contributed by atoms with Crippen LogP contribution in [0.2, 0.25) is 0 Å². The van der Waals surface area contributed by atoms with Gasteiger partial charge in [-0.2, -0.15) is 0 Å². The van der Waals surface area contributed by atoms with E-state index in [1.165, 1.54) is 10.9 Å². The van der Waals surface area contributed by atoms with Crippen LogP contribution in [0.5, 0.6) is 0 Å². The van der Waals surface area contributed by atoms with Crippen molar-refractivity contribution in [3.8, 4) is 0 Å². The number of pyridine rings is 2. The van der Waals surface area contributed by atoms with Crippen molar-refractivity contribution < 1.29 is 0 Å². The van der Waals surface area contributed by atoms with E-state index in [4.69, 9.17) is 0 Å². The standard InChI is InChI=1S/C22H31N2P/c1-8-19(25(21(2,3)4)22(5,6)7)20(17-13-9-11-15-23-17)18-14-10-12-16-24-18/h9-16H,8H2,1-7H3. The lowest BCUT2D eigenvalue weighted by Crippen LogP contribution is -2.26. The zero-order valence-corrected chi connectivity index (χ0v) is 17.6. The Kier molecular flexibility index (Phi) is 6.16. The van der Waals surface area contributed by atoms with E-state index >= 15 is 0 Å². The van der Waals surface area contributed by atoms with Crippen LogP contribution in [0, 0.1) is 0 Å². The summed E-state index contributed by atoms with van der Waals surface area (Å²) in [5.41, 5.74) is 3.28. The van der Waals surface area contributed by atoms with Crippen LogP contribution in [-0.2, 0) is 0 Å². The summed E-state index contributed by atoms with van der Waals surface area (Å²) < 4.78 is 0. The molecule has 0 aromatic carbocycles. The van der Waals surface area contributed by atoms with Gasteiger partial charge >= 0.3 is 0 Å². The Labute approximate surface area is 154 Å². The molecule has 0 unspecified atom stereocenters. The summed E-state index contributed by atoms with van der Waals surface area (Å²) >= 11 is 0. The van der Waals surface area contributed by atoms with Crippen molar-refractivity contribution in [3.63, 3.8) is 0 Å². The normalized spacial score (nSPS) is 12.3. The maximum atomic E-state index is 4.68. The lowest BCUT2D eigenvalue weighted by molar-refractivity contribution is 0.709. The third kappa shape index (κ3) is 4.76. The fourth-order valence-electron chi connectivity index (χ4n) is 3.71. The Balaban J connectivity index is 2.82. The molecule has 0 spiro atoms. The molecule has 0 atom stereocenters. The van der Waals surface area contributed by atoms with Gasteiger partial charge in [0.1, 0.15) is 0 Å². The maximum absolute atomic E-state index is 4.68. The molecule has 3 heteroatoms. The zero-order valence-electron chi connectivity index (χ0n) is 16.7. The van der Waals surface area contributed by atoms with Crippen LogP contribution in [-0.4, -0.2) is 20.3 Å². The number of rotatable bonds is 4. The van der Waals surface area contributed by atoms with Crippen LogP contribution >= 0.6 is 7.92 Å². The molecule has 0 aliphatic heterocycles. The largest absolute Gasteiger partial charge is 0.256 e. The van der Waals surface area contributed by atoms with Crippen molar-refractivity contribution in [1.29, 1.82) is 0 Å². The molecule has 2 heterocycles. The van der Waals surface area contributed by atoms with E-state index in [2.05, 4.69) is 82.7 Å². The predicted molar refractivity (Wildman–Crippen MR) is 111 cm³/mol. The quantitative estimate of drug-likeness (QED) is 0.569. The van der Waals surface area contributed by atoms with Crippen LogP contribution in [0.1, 0.15) is 66.3 Å². The molecule has 0 radical (unpaired) electrons. The van der Waals surface area contributed by atoms with Gasteiger partial charge in [0.05, 0.1) is 11.4 Å². The molecule has 0 aliphatic carbocycles. The zero-order chi connectivity index (χ0) is 18.7. The number of aromatic nitrogens is 2. The van der Waals surface area contributed by atoms with Gasteiger partial charge in [-0.1, -0.05) is 68.5 Å². The van der Waals surface area contributed by atoms with Crippen molar-refractivity contribution in [2.75, 3.05) is 0 Å². The highest BCUT2D eigenvalue weighted by molar-refractivity contribution is 7.65. The number of nitrogens with zero attached hydrogens (tertiary/aromatic N) is 2.